The maximum Gasteiger partial charge on any atom is 0.333 e. The first-order valence-corrected chi connectivity index (χ1v) is 15.6. The van der Waals surface area contributed by atoms with E-state index < -0.39 is 42.5 Å². The number of nitrogens with zero attached hydrogens (tertiary/aromatic N) is 3. The molecule has 4 rings (SSSR count). The minimum atomic E-state index is -4.13. The molecule has 0 aliphatic heterocycles. The lowest BCUT2D eigenvalue weighted by Crippen LogP contribution is -2.37. The summed E-state index contributed by atoms with van der Waals surface area (Å²) in [4.78, 5) is 4.40. The van der Waals surface area contributed by atoms with Crippen molar-refractivity contribution in [3.63, 3.8) is 0 Å². The van der Waals surface area contributed by atoms with Gasteiger partial charge in [0.05, 0.1) is 32.5 Å². The Morgan fingerprint density at radius 1 is 1.21 bits per heavy atom. The average molecular weight is 492 g/mol. The molecule has 3 aromatic rings. The summed E-state index contributed by atoms with van der Waals surface area (Å²) in [7, 11) is -5.61. The van der Waals surface area contributed by atoms with Gasteiger partial charge in [-0.15, -0.1) is 0 Å². The summed E-state index contributed by atoms with van der Waals surface area (Å²) in [6.45, 7) is 6.58. The molecule has 1 aromatic carbocycles. The quantitative estimate of drug-likeness (QED) is 0.352. The van der Waals surface area contributed by atoms with E-state index in [2.05, 4.69) is 46.3 Å². The number of anilines is 1. The summed E-state index contributed by atoms with van der Waals surface area (Å²) in [5, 5.41) is 35.0. The van der Waals surface area contributed by atoms with Crippen LogP contribution >= 0.6 is 0 Å². The lowest BCUT2D eigenvalue weighted by atomic mass is 10.1. The largest absolute Gasteiger partial charge is 0.390 e. The number of benzene rings is 1. The molecule has 5 N–H and O–H groups in total. The molecule has 1 fully saturated rings. The minimum absolute atomic E-state index is 0.286. The van der Waals surface area contributed by atoms with Gasteiger partial charge in [-0.1, -0.05) is 49.1 Å². The monoisotopic (exact) mass is 491 g/mol. The number of hydrogen-bond acceptors (Lipinski definition) is 8. The Balaban J connectivity index is 1.58. The summed E-state index contributed by atoms with van der Waals surface area (Å²) in [6, 6.07) is 11.5. The van der Waals surface area contributed by atoms with Crippen molar-refractivity contribution in [2.45, 2.75) is 44.3 Å². The van der Waals surface area contributed by atoms with Crippen LogP contribution in [0.2, 0.25) is 19.6 Å². The zero-order valence-corrected chi connectivity index (χ0v) is 20.5. The second-order valence-corrected chi connectivity index (χ2v) is 15.8. The average Bonchev–Trinajstić information content (AvgIpc) is 3.29. The Morgan fingerprint density at radius 3 is 2.67 bits per heavy atom. The summed E-state index contributed by atoms with van der Waals surface area (Å²) in [6.07, 6.45) is -0.348. The van der Waals surface area contributed by atoms with E-state index in [1.807, 2.05) is 18.2 Å². The Kier molecular flexibility index (Phi) is 6.33. The highest BCUT2D eigenvalue weighted by Crippen LogP contribution is 2.30. The molecule has 0 spiro atoms. The first-order valence-electron chi connectivity index (χ1n) is 10.7. The van der Waals surface area contributed by atoms with Crippen LogP contribution in [0, 0.1) is 5.92 Å². The van der Waals surface area contributed by atoms with E-state index in [1.165, 1.54) is 5.19 Å². The molecule has 12 heteroatoms. The fraction of sp³-hybridized carbons (Fsp3) is 0.429. The van der Waals surface area contributed by atoms with E-state index in [0.717, 1.165) is 11.3 Å². The number of rotatable bonds is 7. The Bertz CT molecular complexity index is 1260. The third-order valence-corrected chi connectivity index (χ3v) is 8.47. The van der Waals surface area contributed by atoms with E-state index >= 15 is 0 Å². The molecule has 4 atom stereocenters. The van der Waals surface area contributed by atoms with Crippen molar-refractivity contribution in [2.75, 3.05) is 11.9 Å². The van der Waals surface area contributed by atoms with Gasteiger partial charge in [0.2, 0.25) is 0 Å². The zero-order chi connectivity index (χ0) is 24.0. The number of nitrogens with two attached hydrogens (primary N) is 1. The highest BCUT2D eigenvalue weighted by Gasteiger charge is 2.42. The SMILES string of the molecule is C[Si](C)(C)c1cccc(-c2cc3nccc(N[C@@H]4CC(COS(N)(=O)=O)[C@@H](O)[C@H]4O)n3n2)c1. The third-order valence-electron chi connectivity index (χ3n) is 5.96. The van der Waals surface area contributed by atoms with Crippen LogP contribution in [0.25, 0.3) is 16.9 Å². The van der Waals surface area contributed by atoms with Gasteiger partial charge in [-0.3, -0.25) is 4.18 Å². The van der Waals surface area contributed by atoms with Gasteiger partial charge in [-0.05, 0) is 12.5 Å². The number of hydrogen-bond donors (Lipinski definition) is 4. The summed E-state index contributed by atoms with van der Waals surface area (Å²) in [5.41, 5.74) is 2.42. The van der Waals surface area contributed by atoms with Crippen LogP contribution in [0.4, 0.5) is 5.82 Å². The van der Waals surface area contributed by atoms with E-state index in [4.69, 9.17) is 10.2 Å². The molecule has 2 heterocycles. The molecule has 2 aromatic heterocycles. The molecular weight excluding hydrogens is 462 g/mol. The number of aliphatic hydroxyl groups is 2. The first-order chi connectivity index (χ1) is 15.4. The van der Waals surface area contributed by atoms with Gasteiger partial charge in [0.1, 0.15) is 11.9 Å². The van der Waals surface area contributed by atoms with Crippen LogP contribution in [0.1, 0.15) is 6.42 Å². The van der Waals surface area contributed by atoms with Crippen LogP contribution in [0.3, 0.4) is 0 Å². The van der Waals surface area contributed by atoms with E-state index in [-0.39, 0.29) is 13.0 Å². The van der Waals surface area contributed by atoms with Crippen molar-refractivity contribution in [3.05, 3.63) is 42.6 Å². The fourth-order valence-electron chi connectivity index (χ4n) is 4.10. The Morgan fingerprint density at radius 2 is 1.97 bits per heavy atom. The van der Waals surface area contributed by atoms with Crippen molar-refractivity contribution in [1.29, 1.82) is 0 Å². The van der Waals surface area contributed by atoms with Gasteiger partial charge in [0.25, 0.3) is 0 Å². The highest BCUT2D eigenvalue weighted by atomic mass is 32.2. The number of aromatic nitrogens is 3. The third kappa shape index (κ3) is 5.26. The molecule has 10 nitrogen and oxygen atoms in total. The lowest BCUT2D eigenvalue weighted by Gasteiger charge is -2.19. The molecular formula is C21H29N5O5SSi. The predicted octanol–water partition coefficient (Wildman–Crippen LogP) is 0.684. The van der Waals surface area contributed by atoms with Crippen molar-refractivity contribution < 1.29 is 22.8 Å². The zero-order valence-electron chi connectivity index (χ0n) is 18.7. The second kappa shape index (κ2) is 8.78. The van der Waals surface area contributed by atoms with Crippen LogP contribution in [-0.4, -0.2) is 66.2 Å². The van der Waals surface area contributed by atoms with Crippen molar-refractivity contribution in [2.24, 2.45) is 11.1 Å². The van der Waals surface area contributed by atoms with Crippen LogP contribution < -0.4 is 15.6 Å². The molecule has 0 saturated heterocycles. The summed E-state index contributed by atoms with van der Waals surface area (Å²) in [5.74, 6) is 0.00232. The van der Waals surface area contributed by atoms with E-state index in [1.54, 1.807) is 16.8 Å². The maximum absolute atomic E-state index is 11.1. The van der Waals surface area contributed by atoms with E-state index in [0.29, 0.717) is 11.5 Å². The van der Waals surface area contributed by atoms with E-state index in [9.17, 15) is 18.6 Å². The van der Waals surface area contributed by atoms with Crippen molar-refractivity contribution in [1.82, 2.24) is 14.6 Å². The van der Waals surface area contributed by atoms with Gasteiger partial charge in [-0.25, -0.2) is 10.1 Å². The normalized spacial score (nSPS) is 23.8. The number of nitrogens with one attached hydrogen (secondary N) is 1. The van der Waals surface area contributed by atoms with Gasteiger partial charge in [0.15, 0.2) is 5.65 Å². The highest BCUT2D eigenvalue weighted by molar-refractivity contribution is 7.84. The van der Waals surface area contributed by atoms with Crippen LogP contribution in [-0.2, 0) is 14.5 Å². The summed E-state index contributed by atoms with van der Waals surface area (Å²) >= 11 is 0. The standard InChI is InChI=1S/C21H29N5O5SSi/c1-33(2,3)15-6-4-5-13(9-15)16-11-19-23-8-7-18(26(19)25-16)24-17-10-14(20(27)21(17)28)12-31-32(22,29)30/h4-9,11,14,17,20-21,24,27-28H,10,12H2,1-3H3,(H2,22,29,30)/t14?,17-,20-,21+/m1/s1. The molecule has 1 aliphatic carbocycles. The minimum Gasteiger partial charge on any atom is -0.390 e. The topological polar surface area (TPSA) is 152 Å². The fourth-order valence-corrected chi connectivity index (χ4v) is 5.64. The number of aliphatic hydroxyl groups excluding tert-OH is 2. The number of fused-ring (bicyclic) bond motifs is 1. The van der Waals surface area contributed by atoms with Gasteiger partial charge in [-0.2, -0.15) is 18.0 Å². The van der Waals surface area contributed by atoms with Crippen molar-refractivity contribution in [3.8, 4) is 11.3 Å². The maximum atomic E-state index is 11.1. The van der Waals surface area contributed by atoms with Gasteiger partial charge in [0, 0.05) is 23.7 Å². The molecule has 0 amide bonds. The van der Waals surface area contributed by atoms with Gasteiger partial charge >= 0.3 is 10.3 Å². The molecule has 1 unspecified atom stereocenters. The lowest BCUT2D eigenvalue weighted by molar-refractivity contribution is 0.00777. The molecule has 1 saturated carbocycles. The molecule has 1 aliphatic rings. The first kappa shape index (κ1) is 23.8. The Hall–Kier alpha value is -2.35. The predicted molar refractivity (Wildman–Crippen MR) is 128 cm³/mol. The van der Waals surface area contributed by atoms with Crippen LogP contribution in [0.15, 0.2) is 42.6 Å². The van der Waals surface area contributed by atoms with Crippen LogP contribution in [0.5, 0.6) is 0 Å². The second-order valence-electron chi connectivity index (χ2n) is 9.47. The van der Waals surface area contributed by atoms with Crippen molar-refractivity contribution >= 4 is 35.0 Å². The summed E-state index contributed by atoms with van der Waals surface area (Å²) < 4.78 is 28.4. The molecule has 33 heavy (non-hydrogen) atoms. The molecule has 0 radical (unpaired) electrons. The molecule has 178 valence electrons. The van der Waals surface area contributed by atoms with Gasteiger partial charge < -0.3 is 15.5 Å². The Labute approximate surface area is 193 Å². The molecule has 0 bridgehead atoms. The smallest absolute Gasteiger partial charge is 0.333 e.